The summed E-state index contributed by atoms with van der Waals surface area (Å²) in [5.74, 6) is 1.54. The van der Waals surface area contributed by atoms with E-state index in [4.69, 9.17) is 9.47 Å². The number of carbonyl (C=O) groups excluding carboxylic acids is 1. The number of ether oxygens (including phenoxy) is 2. The first-order valence-electron chi connectivity index (χ1n) is 13.2. The Balaban J connectivity index is 1.26. The van der Waals surface area contributed by atoms with Crippen LogP contribution < -0.4 is 9.47 Å². The molecular formula is C33H33N3O3. The molecule has 5 rings (SSSR count). The Morgan fingerprint density at radius 2 is 1.28 bits per heavy atom. The molecule has 0 bridgehead atoms. The van der Waals surface area contributed by atoms with Crippen molar-refractivity contribution in [3.8, 4) is 11.5 Å². The monoisotopic (exact) mass is 519 g/mol. The van der Waals surface area contributed by atoms with Gasteiger partial charge in [-0.1, -0.05) is 72.8 Å². The van der Waals surface area contributed by atoms with E-state index in [0.717, 1.165) is 33.8 Å². The molecule has 1 heterocycles. The van der Waals surface area contributed by atoms with Crippen LogP contribution in [-0.4, -0.2) is 34.6 Å². The van der Waals surface area contributed by atoms with Crippen LogP contribution in [-0.2, 0) is 18.0 Å². The second kappa shape index (κ2) is 12.4. The zero-order chi connectivity index (χ0) is 27.0. The largest absolute Gasteiger partial charge is 0.489 e. The summed E-state index contributed by atoms with van der Waals surface area (Å²) in [6, 6.07) is 36.0. The Morgan fingerprint density at radius 1 is 0.769 bits per heavy atom. The average molecular weight is 520 g/mol. The first kappa shape index (κ1) is 26.2. The highest BCUT2D eigenvalue weighted by Crippen LogP contribution is 2.33. The highest BCUT2D eigenvalue weighted by Gasteiger charge is 2.40. The van der Waals surface area contributed by atoms with Crippen molar-refractivity contribution in [1.29, 1.82) is 0 Å². The van der Waals surface area contributed by atoms with Crippen molar-refractivity contribution in [3.63, 3.8) is 0 Å². The average Bonchev–Trinajstić information content (AvgIpc) is 3.32. The minimum atomic E-state index is -0.287. The molecule has 6 heteroatoms. The number of hydrazone groups is 1. The minimum absolute atomic E-state index is 0.0304. The van der Waals surface area contributed by atoms with Gasteiger partial charge in [0.15, 0.2) is 0 Å². The zero-order valence-corrected chi connectivity index (χ0v) is 22.3. The molecule has 198 valence electrons. The van der Waals surface area contributed by atoms with E-state index in [1.165, 1.54) is 0 Å². The van der Waals surface area contributed by atoms with Crippen molar-refractivity contribution in [3.05, 3.63) is 131 Å². The molecule has 0 radical (unpaired) electrons. The Labute approximate surface area is 230 Å². The molecule has 1 amide bonds. The van der Waals surface area contributed by atoms with Crippen LogP contribution in [0.15, 0.2) is 114 Å². The number of benzene rings is 4. The Hall–Kier alpha value is -4.42. The number of carbonyl (C=O) groups is 1. The molecule has 6 nitrogen and oxygen atoms in total. The molecule has 0 spiro atoms. The van der Waals surface area contributed by atoms with Gasteiger partial charge in [0.25, 0.3) is 5.91 Å². The predicted molar refractivity (Wildman–Crippen MR) is 153 cm³/mol. The van der Waals surface area contributed by atoms with Gasteiger partial charge in [0.1, 0.15) is 30.9 Å². The summed E-state index contributed by atoms with van der Waals surface area (Å²) in [4.78, 5) is 15.2. The van der Waals surface area contributed by atoms with Crippen LogP contribution in [0.4, 0.5) is 0 Å². The van der Waals surface area contributed by atoms with Crippen LogP contribution in [0.2, 0.25) is 0 Å². The number of hydrogen-bond acceptors (Lipinski definition) is 5. The van der Waals surface area contributed by atoms with E-state index >= 15 is 0 Å². The van der Waals surface area contributed by atoms with Crippen LogP contribution in [0.3, 0.4) is 0 Å². The van der Waals surface area contributed by atoms with E-state index < -0.39 is 0 Å². The molecule has 0 aliphatic carbocycles. The zero-order valence-electron chi connectivity index (χ0n) is 22.3. The number of amides is 1. The summed E-state index contributed by atoms with van der Waals surface area (Å²) in [5.41, 5.74) is 4.11. The smallest absolute Gasteiger partial charge is 0.258 e. The van der Waals surface area contributed by atoms with Gasteiger partial charge < -0.3 is 9.47 Å². The first-order chi connectivity index (χ1) is 19.1. The number of rotatable bonds is 10. The van der Waals surface area contributed by atoms with Gasteiger partial charge in [0, 0.05) is 6.04 Å². The fraction of sp³-hybridized carbons (Fsp3) is 0.212. The first-order valence-corrected chi connectivity index (χ1v) is 13.2. The minimum Gasteiger partial charge on any atom is -0.489 e. The lowest BCUT2D eigenvalue weighted by Crippen LogP contribution is -2.33. The molecule has 1 aliphatic rings. The topological polar surface area (TPSA) is 54.4 Å². The Bertz CT molecular complexity index is 1370. The van der Waals surface area contributed by atoms with Crippen molar-refractivity contribution >= 4 is 12.1 Å². The van der Waals surface area contributed by atoms with Gasteiger partial charge in [-0.3, -0.25) is 9.69 Å². The molecule has 1 fully saturated rings. The maximum atomic E-state index is 13.0. The summed E-state index contributed by atoms with van der Waals surface area (Å²) >= 11 is 0. The van der Waals surface area contributed by atoms with Gasteiger partial charge in [0.05, 0.1) is 12.8 Å². The third kappa shape index (κ3) is 6.72. The van der Waals surface area contributed by atoms with Crippen molar-refractivity contribution < 1.29 is 14.3 Å². The van der Waals surface area contributed by atoms with Crippen LogP contribution in [0.25, 0.3) is 0 Å². The lowest BCUT2D eigenvalue weighted by Gasteiger charge is -2.30. The fourth-order valence-electron chi connectivity index (χ4n) is 4.51. The van der Waals surface area contributed by atoms with Crippen molar-refractivity contribution in [2.24, 2.45) is 5.10 Å². The van der Waals surface area contributed by atoms with E-state index in [0.29, 0.717) is 19.8 Å². The fourth-order valence-corrected chi connectivity index (χ4v) is 4.51. The lowest BCUT2D eigenvalue weighted by molar-refractivity contribution is -0.128. The summed E-state index contributed by atoms with van der Waals surface area (Å²) in [6.45, 7) is 5.53. The van der Waals surface area contributed by atoms with Crippen LogP contribution in [0.1, 0.15) is 42.3 Å². The van der Waals surface area contributed by atoms with Crippen molar-refractivity contribution in [2.45, 2.75) is 39.3 Å². The van der Waals surface area contributed by atoms with Gasteiger partial charge >= 0.3 is 0 Å². The molecular weight excluding hydrogens is 486 g/mol. The Kier molecular flexibility index (Phi) is 8.34. The van der Waals surface area contributed by atoms with Gasteiger partial charge in [-0.15, -0.1) is 0 Å². The second-order valence-electron chi connectivity index (χ2n) is 9.81. The molecule has 0 unspecified atom stereocenters. The summed E-state index contributed by atoms with van der Waals surface area (Å²) in [6.07, 6.45) is 1.44. The molecule has 1 atom stereocenters. The molecule has 39 heavy (non-hydrogen) atoms. The molecule has 1 aliphatic heterocycles. The molecule has 4 aromatic carbocycles. The number of nitrogens with zero attached hydrogens (tertiary/aromatic N) is 3. The van der Waals surface area contributed by atoms with E-state index in [1.807, 2.05) is 109 Å². The van der Waals surface area contributed by atoms with Crippen molar-refractivity contribution in [2.75, 3.05) is 6.54 Å². The van der Waals surface area contributed by atoms with Gasteiger partial charge in [0.2, 0.25) is 0 Å². The predicted octanol–water partition coefficient (Wildman–Crippen LogP) is 6.43. The van der Waals surface area contributed by atoms with E-state index in [2.05, 4.69) is 23.8 Å². The SMILES string of the molecule is CC(C)N1CC(=O)N(/N=C\c2ccc(OCc3ccccc3)cc2)[C@@H]1c1ccc(OCc2ccccc2)cc1. The van der Waals surface area contributed by atoms with Crippen LogP contribution >= 0.6 is 0 Å². The molecule has 0 aromatic heterocycles. The standard InChI is InChI=1S/C33H33N3O3/c1-25(2)35-22-32(37)36(33(35)29-15-19-31(20-16-29)39-24-28-11-7-4-8-12-28)34-21-26-13-17-30(18-14-26)38-23-27-9-5-3-6-10-27/h3-21,25,33H,22-24H2,1-2H3/b34-21-/t33-/m1/s1. The molecule has 0 saturated carbocycles. The van der Waals surface area contributed by atoms with Crippen LogP contribution in [0.5, 0.6) is 11.5 Å². The maximum Gasteiger partial charge on any atom is 0.258 e. The number of hydrogen-bond donors (Lipinski definition) is 0. The summed E-state index contributed by atoms with van der Waals surface area (Å²) < 4.78 is 11.8. The molecule has 0 N–H and O–H groups in total. The molecule has 1 saturated heterocycles. The summed E-state index contributed by atoms with van der Waals surface area (Å²) in [5, 5.41) is 6.21. The van der Waals surface area contributed by atoms with E-state index in [9.17, 15) is 4.79 Å². The summed E-state index contributed by atoms with van der Waals surface area (Å²) in [7, 11) is 0. The maximum absolute atomic E-state index is 13.0. The third-order valence-corrected chi connectivity index (χ3v) is 6.67. The van der Waals surface area contributed by atoms with Gasteiger partial charge in [-0.05, 0) is 72.5 Å². The van der Waals surface area contributed by atoms with E-state index in [1.54, 1.807) is 11.2 Å². The lowest BCUT2D eigenvalue weighted by atomic mass is 10.1. The highest BCUT2D eigenvalue weighted by atomic mass is 16.5. The quantitative estimate of drug-likeness (QED) is 0.227. The van der Waals surface area contributed by atoms with Gasteiger partial charge in [-0.2, -0.15) is 5.10 Å². The third-order valence-electron chi connectivity index (χ3n) is 6.67. The Morgan fingerprint density at radius 3 is 1.79 bits per heavy atom. The normalized spacial score (nSPS) is 15.8. The molecule has 4 aromatic rings. The van der Waals surface area contributed by atoms with Crippen LogP contribution in [0, 0.1) is 0 Å². The van der Waals surface area contributed by atoms with E-state index in [-0.39, 0.29) is 18.1 Å². The highest BCUT2D eigenvalue weighted by molar-refractivity contribution is 5.84. The van der Waals surface area contributed by atoms with Crippen molar-refractivity contribution in [1.82, 2.24) is 9.91 Å². The van der Waals surface area contributed by atoms with Gasteiger partial charge in [-0.25, -0.2) is 5.01 Å². The second-order valence-corrected chi connectivity index (χ2v) is 9.81.